The summed E-state index contributed by atoms with van der Waals surface area (Å²) in [6.07, 6.45) is 2.48. The van der Waals surface area contributed by atoms with Crippen molar-refractivity contribution in [3.63, 3.8) is 0 Å². The van der Waals surface area contributed by atoms with Crippen molar-refractivity contribution in [1.82, 2.24) is 4.90 Å². The van der Waals surface area contributed by atoms with Crippen LogP contribution in [-0.2, 0) is 0 Å². The molecule has 118 valence electrons. The molecular formula is C16H27IN4. The van der Waals surface area contributed by atoms with Gasteiger partial charge in [-0.2, -0.15) is 0 Å². The third kappa shape index (κ3) is 5.47. The number of nitrogens with one attached hydrogen (secondary N) is 1. The van der Waals surface area contributed by atoms with Crippen LogP contribution in [0.15, 0.2) is 29.3 Å². The number of rotatable bonds is 4. The van der Waals surface area contributed by atoms with Crippen LogP contribution >= 0.6 is 24.0 Å². The Morgan fingerprint density at radius 1 is 1.48 bits per heavy atom. The Balaban J connectivity index is 0.00000220. The molecule has 1 heterocycles. The zero-order valence-corrected chi connectivity index (χ0v) is 15.5. The molecular weight excluding hydrogens is 375 g/mol. The van der Waals surface area contributed by atoms with Gasteiger partial charge in [0.2, 0.25) is 0 Å². The van der Waals surface area contributed by atoms with Crippen LogP contribution in [0.1, 0.15) is 38.2 Å². The molecule has 0 aliphatic carbocycles. The Hall–Kier alpha value is -0.820. The highest BCUT2D eigenvalue weighted by atomic mass is 127. The van der Waals surface area contributed by atoms with Gasteiger partial charge in [0.25, 0.3) is 0 Å². The van der Waals surface area contributed by atoms with Crippen LogP contribution in [0, 0.1) is 0 Å². The van der Waals surface area contributed by atoms with E-state index in [4.69, 9.17) is 5.73 Å². The minimum Gasteiger partial charge on any atom is -0.370 e. The lowest BCUT2D eigenvalue weighted by atomic mass is 10.0. The van der Waals surface area contributed by atoms with Crippen LogP contribution in [0.4, 0.5) is 5.69 Å². The number of benzene rings is 1. The molecule has 4 nitrogen and oxygen atoms in total. The highest BCUT2D eigenvalue weighted by Gasteiger charge is 2.19. The first-order valence-electron chi connectivity index (χ1n) is 7.43. The van der Waals surface area contributed by atoms with Gasteiger partial charge in [-0.1, -0.05) is 26.0 Å². The number of nitrogens with two attached hydrogens (primary N) is 1. The lowest BCUT2D eigenvalue weighted by molar-refractivity contribution is 0.317. The molecule has 1 saturated heterocycles. The fourth-order valence-corrected chi connectivity index (χ4v) is 2.58. The number of hydrogen-bond donors (Lipinski definition) is 2. The number of anilines is 1. The second-order valence-corrected chi connectivity index (χ2v) is 5.91. The van der Waals surface area contributed by atoms with Crippen LogP contribution < -0.4 is 11.1 Å². The molecule has 0 saturated carbocycles. The molecule has 0 aromatic heterocycles. The molecule has 1 atom stereocenters. The van der Waals surface area contributed by atoms with Crippen molar-refractivity contribution in [2.24, 2.45) is 10.7 Å². The fraction of sp³-hybridized carbons (Fsp3) is 0.562. The van der Waals surface area contributed by atoms with E-state index in [1.807, 2.05) is 6.07 Å². The largest absolute Gasteiger partial charge is 0.370 e. The number of likely N-dealkylation sites (tertiary alicyclic amines) is 1. The van der Waals surface area contributed by atoms with Gasteiger partial charge in [0.05, 0.1) is 6.54 Å². The molecule has 0 radical (unpaired) electrons. The highest BCUT2D eigenvalue weighted by molar-refractivity contribution is 14.0. The average molecular weight is 402 g/mol. The summed E-state index contributed by atoms with van der Waals surface area (Å²) in [6.45, 7) is 6.32. The molecule has 0 spiro atoms. The van der Waals surface area contributed by atoms with Crippen LogP contribution in [0.25, 0.3) is 0 Å². The Morgan fingerprint density at radius 2 is 2.24 bits per heavy atom. The number of halogens is 1. The van der Waals surface area contributed by atoms with Crippen molar-refractivity contribution < 1.29 is 0 Å². The second-order valence-electron chi connectivity index (χ2n) is 5.91. The molecule has 2 rings (SSSR count). The standard InChI is InChI=1S/C16H26N4.HI/c1-12(2)13-6-4-7-14(10-13)19-16(17)18-11-15-8-5-9-20(15)3;/h4,6-7,10,12,15H,5,8-9,11H2,1-3H3,(H3,17,18,19);1H. The van der Waals surface area contributed by atoms with E-state index in [0.717, 1.165) is 12.2 Å². The predicted molar refractivity (Wildman–Crippen MR) is 102 cm³/mol. The summed E-state index contributed by atoms with van der Waals surface area (Å²) in [7, 11) is 2.16. The monoisotopic (exact) mass is 402 g/mol. The van der Waals surface area contributed by atoms with Crippen molar-refractivity contribution in [3.05, 3.63) is 29.8 Å². The van der Waals surface area contributed by atoms with E-state index in [9.17, 15) is 0 Å². The molecule has 1 aliphatic heterocycles. The van der Waals surface area contributed by atoms with E-state index >= 15 is 0 Å². The maximum absolute atomic E-state index is 5.98. The molecule has 1 aromatic rings. The van der Waals surface area contributed by atoms with Crippen molar-refractivity contribution >= 4 is 35.6 Å². The number of hydrogen-bond acceptors (Lipinski definition) is 2. The SMILES string of the molecule is CC(C)c1cccc(NC(N)=NCC2CCCN2C)c1.I. The summed E-state index contributed by atoms with van der Waals surface area (Å²) in [5, 5.41) is 3.19. The first-order valence-corrected chi connectivity index (χ1v) is 7.43. The van der Waals surface area contributed by atoms with E-state index in [-0.39, 0.29) is 24.0 Å². The number of nitrogens with zero attached hydrogens (tertiary/aromatic N) is 2. The Morgan fingerprint density at radius 3 is 2.86 bits per heavy atom. The lowest BCUT2D eigenvalue weighted by Crippen LogP contribution is -2.30. The van der Waals surface area contributed by atoms with E-state index < -0.39 is 0 Å². The van der Waals surface area contributed by atoms with Crippen molar-refractivity contribution in [2.75, 3.05) is 25.5 Å². The summed E-state index contributed by atoms with van der Waals surface area (Å²) in [5.74, 6) is 1.02. The maximum Gasteiger partial charge on any atom is 0.193 e. The van der Waals surface area contributed by atoms with Gasteiger partial charge in [0.15, 0.2) is 5.96 Å². The number of guanidine groups is 1. The van der Waals surface area contributed by atoms with E-state index in [1.54, 1.807) is 0 Å². The molecule has 21 heavy (non-hydrogen) atoms. The molecule has 1 fully saturated rings. The van der Waals surface area contributed by atoms with Crippen LogP contribution in [0.5, 0.6) is 0 Å². The maximum atomic E-state index is 5.98. The normalized spacial score (nSPS) is 19.6. The van der Waals surface area contributed by atoms with Gasteiger partial charge in [-0.25, -0.2) is 0 Å². The smallest absolute Gasteiger partial charge is 0.193 e. The molecule has 1 aromatic carbocycles. The molecule has 5 heteroatoms. The van der Waals surface area contributed by atoms with Gasteiger partial charge in [-0.15, -0.1) is 24.0 Å². The third-order valence-electron chi connectivity index (χ3n) is 3.97. The minimum absolute atomic E-state index is 0. The second kappa shape index (κ2) is 8.58. The lowest BCUT2D eigenvalue weighted by Gasteiger charge is -2.17. The molecule has 1 aliphatic rings. The van der Waals surface area contributed by atoms with E-state index in [1.165, 1.54) is 24.9 Å². The highest BCUT2D eigenvalue weighted by Crippen LogP contribution is 2.18. The van der Waals surface area contributed by atoms with Crippen LogP contribution in [0.3, 0.4) is 0 Å². The Bertz CT molecular complexity index is 473. The van der Waals surface area contributed by atoms with Gasteiger partial charge in [-0.05, 0) is 50.0 Å². The molecule has 1 unspecified atom stereocenters. The van der Waals surface area contributed by atoms with E-state index in [2.05, 4.69) is 54.3 Å². The third-order valence-corrected chi connectivity index (χ3v) is 3.97. The summed E-state index contributed by atoms with van der Waals surface area (Å²) in [6, 6.07) is 8.88. The van der Waals surface area contributed by atoms with Gasteiger partial charge >= 0.3 is 0 Å². The summed E-state index contributed by atoms with van der Waals surface area (Å²) >= 11 is 0. The first-order chi connectivity index (χ1) is 9.56. The number of likely N-dealkylation sites (N-methyl/N-ethyl adjacent to an activating group) is 1. The minimum atomic E-state index is 0. The van der Waals surface area contributed by atoms with Crippen LogP contribution in [-0.4, -0.2) is 37.0 Å². The molecule has 0 amide bonds. The molecule has 0 bridgehead atoms. The molecule has 3 N–H and O–H groups in total. The summed E-state index contributed by atoms with van der Waals surface area (Å²) in [4.78, 5) is 6.83. The zero-order valence-electron chi connectivity index (χ0n) is 13.2. The zero-order chi connectivity index (χ0) is 14.5. The van der Waals surface area contributed by atoms with Crippen molar-refractivity contribution in [2.45, 2.75) is 38.6 Å². The van der Waals surface area contributed by atoms with E-state index in [0.29, 0.717) is 17.9 Å². The van der Waals surface area contributed by atoms with Gasteiger partial charge < -0.3 is 16.0 Å². The van der Waals surface area contributed by atoms with Gasteiger partial charge in [-0.3, -0.25) is 4.99 Å². The van der Waals surface area contributed by atoms with Gasteiger partial charge in [0.1, 0.15) is 0 Å². The number of aliphatic imine (C=N–C) groups is 1. The average Bonchev–Trinajstić information content (AvgIpc) is 2.82. The summed E-state index contributed by atoms with van der Waals surface area (Å²) < 4.78 is 0. The van der Waals surface area contributed by atoms with Crippen molar-refractivity contribution in [1.29, 1.82) is 0 Å². The summed E-state index contributed by atoms with van der Waals surface area (Å²) in [5.41, 5.74) is 8.29. The quantitative estimate of drug-likeness (QED) is 0.462. The first kappa shape index (κ1) is 18.2. The van der Waals surface area contributed by atoms with Crippen molar-refractivity contribution in [3.8, 4) is 0 Å². The Labute approximate surface area is 145 Å². The Kier molecular flexibility index (Phi) is 7.45. The topological polar surface area (TPSA) is 53.6 Å². The van der Waals surface area contributed by atoms with Gasteiger partial charge in [0, 0.05) is 11.7 Å². The van der Waals surface area contributed by atoms with Crippen LogP contribution in [0.2, 0.25) is 0 Å². The predicted octanol–water partition coefficient (Wildman–Crippen LogP) is 3.25. The fourth-order valence-electron chi connectivity index (χ4n) is 2.58.